The van der Waals surface area contributed by atoms with Crippen LogP contribution in [0.15, 0.2) is 17.4 Å². The van der Waals surface area contributed by atoms with Crippen LogP contribution in [-0.2, 0) is 4.79 Å². The number of aromatic hydroxyl groups is 1. The van der Waals surface area contributed by atoms with Crippen molar-refractivity contribution >= 4 is 29.3 Å². The molecule has 0 aliphatic carbocycles. The smallest absolute Gasteiger partial charge is 0.322 e. The Labute approximate surface area is 143 Å². The third-order valence-electron chi connectivity index (χ3n) is 3.25. The van der Waals surface area contributed by atoms with Crippen LogP contribution in [0.3, 0.4) is 0 Å². The van der Waals surface area contributed by atoms with E-state index in [-0.39, 0.29) is 17.0 Å². The number of nitrogens with one attached hydrogen (secondary N) is 1. The van der Waals surface area contributed by atoms with E-state index in [2.05, 4.69) is 36.2 Å². The molecule has 0 bridgehead atoms. The van der Waals surface area contributed by atoms with E-state index in [0.29, 0.717) is 16.2 Å². The van der Waals surface area contributed by atoms with Gasteiger partial charge < -0.3 is 15.5 Å². The highest BCUT2D eigenvalue weighted by atomic mass is 32.2. The Kier molecular flexibility index (Phi) is 5.66. The molecular formula is C15H20N4O4S. The van der Waals surface area contributed by atoms with Gasteiger partial charge in [0.15, 0.2) is 5.65 Å². The monoisotopic (exact) mass is 352 g/mol. The number of carboxylic acid groups (broad SMARTS) is 1. The van der Waals surface area contributed by atoms with E-state index in [1.165, 1.54) is 28.7 Å². The topological polar surface area (TPSA) is 117 Å². The molecule has 130 valence electrons. The van der Waals surface area contributed by atoms with E-state index in [4.69, 9.17) is 5.11 Å². The first kappa shape index (κ1) is 18.1. The number of carboxylic acids is 1. The van der Waals surface area contributed by atoms with Crippen molar-refractivity contribution in [2.24, 2.45) is 5.92 Å². The molecule has 8 nitrogen and oxygen atoms in total. The summed E-state index contributed by atoms with van der Waals surface area (Å²) in [6.07, 6.45) is 2.28. The molecule has 0 aliphatic heterocycles. The van der Waals surface area contributed by atoms with E-state index in [0.717, 1.165) is 6.42 Å². The van der Waals surface area contributed by atoms with Gasteiger partial charge in [-0.3, -0.25) is 9.59 Å². The maximum atomic E-state index is 12.1. The minimum absolute atomic E-state index is 0.0883. The maximum absolute atomic E-state index is 12.1. The second-order valence-electron chi connectivity index (χ2n) is 5.87. The van der Waals surface area contributed by atoms with Gasteiger partial charge in [0.25, 0.3) is 5.91 Å². The first-order valence-electron chi connectivity index (χ1n) is 7.52. The van der Waals surface area contributed by atoms with E-state index in [9.17, 15) is 14.7 Å². The SMILES string of the molecule is CC(C)CC(C)Sc1cc(O)c(C(=O)NCC(=O)O)c2ncnn12. The Balaban J connectivity index is 2.35. The van der Waals surface area contributed by atoms with E-state index < -0.39 is 18.4 Å². The van der Waals surface area contributed by atoms with E-state index in [1.807, 2.05) is 0 Å². The van der Waals surface area contributed by atoms with Gasteiger partial charge in [-0.1, -0.05) is 20.8 Å². The molecular weight excluding hydrogens is 332 g/mol. The quantitative estimate of drug-likeness (QED) is 0.650. The summed E-state index contributed by atoms with van der Waals surface area (Å²) in [5.74, 6) is -1.60. The minimum atomic E-state index is -1.17. The second kappa shape index (κ2) is 7.52. The van der Waals surface area contributed by atoms with Gasteiger partial charge in [-0.25, -0.2) is 9.50 Å². The standard InChI is InChI=1S/C15H20N4O4S/c1-8(2)4-9(3)24-11-5-10(20)13(14-17-7-18-19(11)14)15(23)16-6-12(21)22/h5,7-9,20H,4,6H2,1-3H3,(H,16,23)(H,21,22). The highest BCUT2D eigenvalue weighted by Crippen LogP contribution is 2.32. The van der Waals surface area contributed by atoms with Crippen LogP contribution in [0.4, 0.5) is 0 Å². The molecule has 1 unspecified atom stereocenters. The van der Waals surface area contributed by atoms with Gasteiger partial charge in [-0.2, -0.15) is 5.10 Å². The van der Waals surface area contributed by atoms with Gasteiger partial charge in [-0.05, 0) is 12.3 Å². The molecule has 0 spiro atoms. The fourth-order valence-corrected chi connectivity index (χ4v) is 3.71. The lowest BCUT2D eigenvalue weighted by atomic mass is 10.1. The third kappa shape index (κ3) is 4.16. The lowest BCUT2D eigenvalue weighted by Crippen LogP contribution is -2.29. The van der Waals surface area contributed by atoms with Crippen LogP contribution in [-0.4, -0.2) is 48.5 Å². The first-order valence-corrected chi connectivity index (χ1v) is 8.40. The predicted molar refractivity (Wildman–Crippen MR) is 89.4 cm³/mol. The van der Waals surface area contributed by atoms with Crippen molar-refractivity contribution in [3.05, 3.63) is 18.0 Å². The van der Waals surface area contributed by atoms with Gasteiger partial charge in [0.05, 0.1) is 0 Å². The molecule has 2 rings (SSSR count). The van der Waals surface area contributed by atoms with Crippen molar-refractivity contribution in [1.29, 1.82) is 0 Å². The summed E-state index contributed by atoms with van der Waals surface area (Å²) in [6.45, 7) is 5.81. The van der Waals surface area contributed by atoms with Crippen LogP contribution in [0.2, 0.25) is 0 Å². The van der Waals surface area contributed by atoms with E-state index >= 15 is 0 Å². The fourth-order valence-electron chi connectivity index (χ4n) is 2.40. The van der Waals surface area contributed by atoms with Crippen LogP contribution < -0.4 is 5.32 Å². The zero-order valence-corrected chi connectivity index (χ0v) is 14.5. The summed E-state index contributed by atoms with van der Waals surface area (Å²) in [5.41, 5.74) is 0.103. The number of thioether (sulfide) groups is 1. The summed E-state index contributed by atoms with van der Waals surface area (Å²) in [6, 6.07) is 1.46. The number of fused-ring (bicyclic) bond motifs is 1. The molecule has 0 saturated heterocycles. The molecule has 2 aromatic heterocycles. The Morgan fingerprint density at radius 3 is 2.71 bits per heavy atom. The van der Waals surface area contributed by atoms with Crippen LogP contribution >= 0.6 is 11.8 Å². The number of aromatic nitrogens is 3. The molecule has 0 radical (unpaired) electrons. The number of aliphatic carboxylic acids is 1. The van der Waals surface area contributed by atoms with Crippen LogP contribution in [0.5, 0.6) is 5.75 Å². The molecule has 0 fully saturated rings. The summed E-state index contributed by atoms with van der Waals surface area (Å²) in [4.78, 5) is 26.7. The lowest BCUT2D eigenvalue weighted by molar-refractivity contribution is -0.135. The van der Waals surface area contributed by atoms with Crippen molar-refractivity contribution in [1.82, 2.24) is 19.9 Å². The van der Waals surface area contributed by atoms with Gasteiger partial charge in [0.1, 0.15) is 29.2 Å². The number of carbonyl (C=O) groups excluding carboxylic acids is 1. The molecule has 1 amide bonds. The number of pyridine rings is 1. The Morgan fingerprint density at radius 1 is 1.38 bits per heavy atom. The van der Waals surface area contributed by atoms with E-state index in [1.54, 1.807) is 0 Å². The highest BCUT2D eigenvalue weighted by Gasteiger charge is 2.22. The molecule has 2 heterocycles. The Hall–Kier alpha value is -2.29. The predicted octanol–water partition coefficient (Wildman–Crippen LogP) is 1.78. The lowest BCUT2D eigenvalue weighted by Gasteiger charge is -2.15. The molecule has 9 heteroatoms. The van der Waals surface area contributed by atoms with Crippen LogP contribution in [0.25, 0.3) is 5.65 Å². The second-order valence-corrected chi connectivity index (χ2v) is 7.33. The number of rotatable bonds is 7. The molecule has 0 saturated carbocycles. The summed E-state index contributed by atoms with van der Waals surface area (Å²) < 4.78 is 1.48. The number of hydrogen-bond donors (Lipinski definition) is 3. The third-order valence-corrected chi connectivity index (χ3v) is 4.38. The van der Waals surface area contributed by atoms with Crippen molar-refractivity contribution in [3.63, 3.8) is 0 Å². The Morgan fingerprint density at radius 2 is 2.08 bits per heavy atom. The fraction of sp³-hybridized carbons (Fsp3) is 0.467. The number of nitrogens with zero attached hydrogens (tertiary/aromatic N) is 3. The number of hydrogen-bond acceptors (Lipinski definition) is 6. The molecule has 1 atom stereocenters. The average Bonchev–Trinajstić information content (AvgIpc) is 2.93. The molecule has 24 heavy (non-hydrogen) atoms. The van der Waals surface area contributed by atoms with Crippen LogP contribution in [0.1, 0.15) is 37.6 Å². The zero-order valence-electron chi connectivity index (χ0n) is 13.7. The zero-order chi connectivity index (χ0) is 17.9. The molecule has 2 aromatic rings. The maximum Gasteiger partial charge on any atom is 0.322 e. The summed E-state index contributed by atoms with van der Waals surface area (Å²) in [5, 5.41) is 26.2. The average molecular weight is 352 g/mol. The summed E-state index contributed by atoms with van der Waals surface area (Å²) >= 11 is 1.53. The normalized spacial score (nSPS) is 12.5. The van der Waals surface area contributed by atoms with Crippen molar-refractivity contribution in [2.45, 2.75) is 37.5 Å². The van der Waals surface area contributed by atoms with Gasteiger partial charge in [0.2, 0.25) is 0 Å². The van der Waals surface area contributed by atoms with Gasteiger partial charge in [-0.15, -0.1) is 11.8 Å². The molecule has 0 aromatic carbocycles. The molecule has 0 aliphatic rings. The van der Waals surface area contributed by atoms with Crippen molar-refractivity contribution < 1.29 is 19.8 Å². The first-order chi connectivity index (χ1) is 11.3. The number of amides is 1. The van der Waals surface area contributed by atoms with Gasteiger partial charge in [0, 0.05) is 11.3 Å². The minimum Gasteiger partial charge on any atom is -0.507 e. The largest absolute Gasteiger partial charge is 0.507 e. The van der Waals surface area contributed by atoms with Gasteiger partial charge >= 0.3 is 5.97 Å². The number of carbonyl (C=O) groups is 2. The van der Waals surface area contributed by atoms with Crippen molar-refractivity contribution in [2.75, 3.05) is 6.54 Å². The Bertz CT molecular complexity index is 759. The summed E-state index contributed by atoms with van der Waals surface area (Å²) in [7, 11) is 0. The highest BCUT2D eigenvalue weighted by molar-refractivity contribution is 7.99. The van der Waals surface area contributed by atoms with Crippen LogP contribution in [0, 0.1) is 5.92 Å². The van der Waals surface area contributed by atoms with Crippen molar-refractivity contribution in [3.8, 4) is 5.75 Å². The molecule has 3 N–H and O–H groups in total.